The lowest BCUT2D eigenvalue weighted by Gasteiger charge is -2.21. The minimum atomic E-state index is -0.316. The molecule has 6 nitrogen and oxygen atoms in total. The molecule has 0 unspecified atom stereocenters. The number of benzene rings is 1. The fraction of sp³-hybridized carbons (Fsp3) is 0.529. The Labute approximate surface area is 151 Å². The highest BCUT2D eigenvalue weighted by Crippen LogP contribution is 2.33. The molecule has 1 N–H and O–H groups in total. The van der Waals surface area contributed by atoms with E-state index in [2.05, 4.69) is 15.5 Å². The first-order valence-corrected chi connectivity index (χ1v) is 9.25. The Balaban J connectivity index is 1.73. The Morgan fingerprint density at radius 3 is 2.72 bits per heavy atom. The van der Waals surface area contributed by atoms with Crippen LogP contribution in [-0.4, -0.2) is 42.1 Å². The van der Waals surface area contributed by atoms with E-state index >= 15 is 0 Å². The summed E-state index contributed by atoms with van der Waals surface area (Å²) in [5, 5.41) is 12.8. The van der Waals surface area contributed by atoms with Crippen molar-refractivity contribution in [2.45, 2.75) is 29.7 Å². The zero-order valence-electron chi connectivity index (χ0n) is 14.7. The van der Waals surface area contributed by atoms with Gasteiger partial charge >= 0.3 is 0 Å². The van der Waals surface area contributed by atoms with E-state index in [4.69, 9.17) is 9.47 Å². The smallest absolute Gasteiger partial charge is 0.191 e. The number of halogens is 1. The largest absolute Gasteiger partial charge is 0.493 e. The van der Waals surface area contributed by atoms with Crippen molar-refractivity contribution in [1.82, 2.24) is 20.1 Å². The molecular formula is C17H23FN4O2S. The third-order valence-corrected chi connectivity index (χ3v) is 5.51. The molecule has 1 aliphatic rings. The lowest BCUT2D eigenvalue weighted by Crippen LogP contribution is -2.29. The molecule has 2 heterocycles. The summed E-state index contributed by atoms with van der Waals surface area (Å²) >= 11 is 1.46. The Hall–Kier alpha value is -1.80. The summed E-state index contributed by atoms with van der Waals surface area (Å²) in [6.07, 6.45) is 2.27. The molecule has 1 aromatic carbocycles. The lowest BCUT2D eigenvalue weighted by molar-refractivity contribution is 0.352. The van der Waals surface area contributed by atoms with Gasteiger partial charge in [-0.3, -0.25) is 0 Å². The van der Waals surface area contributed by atoms with Gasteiger partial charge in [0.15, 0.2) is 16.7 Å². The van der Waals surface area contributed by atoms with Gasteiger partial charge in [-0.25, -0.2) is 4.39 Å². The fourth-order valence-corrected chi connectivity index (χ4v) is 3.92. The second kappa shape index (κ2) is 8.05. The molecule has 0 saturated carbocycles. The van der Waals surface area contributed by atoms with Gasteiger partial charge in [-0.05, 0) is 25.5 Å². The van der Waals surface area contributed by atoms with Gasteiger partial charge < -0.3 is 19.4 Å². The maximum Gasteiger partial charge on any atom is 0.191 e. The fourth-order valence-electron chi connectivity index (χ4n) is 3.03. The summed E-state index contributed by atoms with van der Waals surface area (Å²) in [4.78, 5) is 0. The molecule has 2 aromatic rings. The highest BCUT2D eigenvalue weighted by molar-refractivity contribution is 7.98. The Bertz CT molecular complexity index is 732. The van der Waals surface area contributed by atoms with Gasteiger partial charge in [0.25, 0.3) is 0 Å². The predicted molar refractivity (Wildman–Crippen MR) is 94.9 cm³/mol. The summed E-state index contributed by atoms with van der Waals surface area (Å²) in [5.41, 5.74) is 0.548. The summed E-state index contributed by atoms with van der Waals surface area (Å²) < 4.78 is 26.6. The van der Waals surface area contributed by atoms with Gasteiger partial charge in [0.05, 0.1) is 14.2 Å². The van der Waals surface area contributed by atoms with Crippen LogP contribution in [0.1, 0.15) is 30.1 Å². The van der Waals surface area contributed by atoms with Crippen LogP contribution in [0.5, 0.6) is 11.5 Å². The topological polar surface area (TPSA) is 61.2 Å². The molecule has 1 aliphatic heterocycles. The monoisotopic (exact) mass is 366 g/mol. The molecule has 0 bridgehead atoms. The van der Waals surface area contributed by atoms with Gasteiger partial charge in [0.2, 0.25) is 0 Å². The summed E-state index contributed by atoms with van der Waals surface area (Å²) in [5.74, 6) is 2.41. The number of thioether (sulfide) groups is 1. The van der Waals surface area contributed by atoms with E-state index in [-0.39, 0.29) is 5.82 Å². The summed E-state index contributed by atoms with van der Waals surface area (Å²) in [6, 6.07) is 3.02. The SMILES string of the molecule is COc1cc(F)c(CSc2nnc([C@H]3CCCNC3)n2C)cc1OC. The van der Waals surface area contributed by atoms with E-state index in [0.717, 1.165) is 36.9 Å². The molecule has 0 aliphatic carbocycles. The van der Waals surface area contributed by atoms with E-state index in [9.17, 15) is 4.39 Å². The van der Waals surface area contributed by atoms with Crippen LogP contribution in [-0.2, 0) is 12.8 Å². The van der Waals surface area contributed by atoms with Crippen LogP contribution in [0.15, 0.2) is 17.3 Å². The second-order valence-corrected chi connectivity index (χ2v) is 6.97. The quantitative estimate of drug-likeness (QED) is 0.794. The first-order chi connectivity index (χ1) is 12.1. The molecule has 136 valence electrons. The number of aromatic nitrogens is 3. The number of ether oxygens (including phenoxy) is 2. The summed E-state index contributed by atoms with van der Waals surface area (Å²) in [6.45, 7) is 2.00. The second-order valence-electron chi connectivity index (χ2n) is 6.03. The minimum absolute atomic E-state index is 0.316. The molecule has 0 amide bonds. The van der Waals surface area contributed by atoms with Crippen molar-refractivity contribution < 1.29 is 13.9 Å². The van der Waals surface area contributed by atoms with Crippen LogP contribution in [0.25, 0.3) is 0 Å². The number of nitrogens with one attached hydrogen (secondary N) is 1. The average Bonchev–Trinajstić information content (AvgIpc) is 3.01. The highest BCUT2D eigenvalue weighted by atomic mass is 32.2. The highest BCUT2D eigenvalue weighted by Gasteiger charge is 2.22. The Morgan fingerprint density at radius 1 is 1.28 bits per heavy atom. The third-order valence-electron chi connectivity index (χ3n) is 4.44. The summed E-state index contributed by atoms with van der Waals surface area (Å²) in [7, 11) is 5.00. The van der Waals surface area contributed by atoms with Crippen molar-refractivity contribution in [2.24, 2.45) is 7.05 Å². The van der Waals surface area contributed by atoms with Gasteiger partial charge in [0, 0.05) is 36.9 Å². The van der Waals surface area contributed by atoms with E-state index < -0.39 is 0 Å². The molecule has 1 fully saturated rings. The van der Waals surface area contributed by atoms with Crippen LogP contribution in [0, 0.1) is 5.82 Å². The van der Waals surface area contributed by atoms with E-state index in [1.165, 1.54) is 24.9 Å². The van der Waals surface area contributed by atoms with E-state index in [1.807, 2.05) is 11.6 Å². The number of methoxy groups -OCH3 is 2. The van der Waals surface area contributed by atoms with Crippen molar-refractivity contribution in [3.05, 3.63) is 29.3 Å². The minimum Gasteiger partial charge on any atom is -0.493 e. The van der Waals surface area contributed by atoms with Crippen LogP contribution in [0.2, 0.25) is 0 Å². The van der Waals surface area contributed by atoms with Gasteiger partial charge in [-0.1, -0.05) is 11.8 Å². The molecule has 8 heteroatoms. The Kier molecular flexibility index (Phi) is 5.80. The van der Waals surface area contributed by atoms with Crippen LogP contribution < -0.4 is 14.8 Å². The van der Waals surface area contributed by atoms with Crippen LogP contribution in [0.3, 0.4) is 0 Å². The first-order valence-electron chi connectivity index (χ1n) is 8.27. The zero-order valence-corrected chi connectivity index (χ0v) is 15.5. The van der Waals surface area contributed by atoms with Crippen LogP contribution >= 0.6 is 11.8 Å². The van der Waals surface area contributed by atoms with Crippen molar-refractivity contribution in [2.75, 3.05) is 27.3 Å². The molecular weight excluding hydrogens is 343 g/mol. The molecule has 3 rings (SSSR count). The lowest BCUT2D eigenvalue weighted by atomic mass is 9.99. The van der Waals surface area contributed by atoms with Gasteiger partial charge in [-0.15, -0.1) is 10.2 Å². The van der Waals surface area contributed by atoms with Crippen molar-refractivity contribution >= 4 is 11.8 Å². The molecule has 1 atom stereocenters. The number of piperidine rings is 1. The number of hydrogen-bond donors (Lipinski definition) is 1. The molecule has 1 saturated heterocycles. The van der Waals surface area contributed by atoms with Crippen LogP contribution in [0.4, 0.5) is 4.39 Å². The van der Waals surface area contributed by atoms with Gasteiger partial charge in [-0.2, -0.15) is 0 Å². The standard InChI is InChI=1S/C17H23FN4O2S/c1-22-16(11-5-4-6-19-9-11)20-21-17(22)25-10-12-7-14(23-2)15(24-3)8-13(12)18/h7-8,11,19H,4-6,9-10H2,1-3H3/t11-/m0/s1. The molecule has 0 radical (unpaired) electrons. The molecule has 25 heavy (non-hydrogen) atoms. The number of hydrogen-bond acceptors (Lipinski definition) is 6. The first kappa shape index (κ1) is 18.0. The Morgan fingerprint density at radius 2 is 2.04 bits per heavy atom. The molecule has 1 aromatic heterocycles. The average molecular weight is 366 g/mol. The van der Waals surface area contributed by atoms with E-state index in [1.54, 1.807) is 13.2 Å². The molecule has 0 spiro atoms. The predicted octanol–water partition coefficient (Wildman–Crippen LogP) is 2.73. The third kappa shape index (κ3) is 3.90. The van der Waals surface area contributed by atoms with Gasteiger partial charge in [0.1, 0.15) is 11.6 Å². The maximum absolute atomic E-state index is 14.3. The number of rotatable bonds is 6. The normalized spacial score (nSPS) is 17.5. The van der Waals surface area contributed by atoms with Crippen molar-refractivity contribution in [3.63, 3.8) is 0 Å². The number of nitrogens with zero attached hydrogens (tertiary/aromatic N) is 3. The van der Waals surface area contributed by atoms with Crippen molar-refractivity contribution in [1.29, 1.82) is 0 Å². The zero-order chi connectivity index (χ0) is 17.8. The van der Waals surface area contributed by atoms with Crippen molar-refractivity contribution in [3.8, 4) is 11.5 Å². The maximum atomic E-state index is 14.3. The van der Waals surface area contributed by atoms with E-state index in [0.29, 0.717) is 28.7 Å².